The second-order valence-electron chi connectivity index (χ2n) is 4.37. The highest BCUT2D eigenvalue weighted by Gasteiger charge is 2.12. The zero-order valence-electron chi connectivity index (χ0n) is 11.2. The molecular formula is C14H12N4O2S. The lowest BCUT2D eigenvalue weighted by Gasteiger charge is -1.97. The van der Waals surface area contributed by atoms with Crippen LogP contribution in [0.1, 0.15) is 21.3 Å². The summed E-state index contributed by atoms with van der Waals surface area (Å²) in [6.07, 6.45) is 0. The number of carbonyl (C=O) groups excluding carboxylic acids is 1. The van der Waals surface area contributed by atoms with Gasteiger partial charge in [0.1, 0.15) is 15.8 Å². The Morgan fingerprint density at radius 2 is 2.10 bits per heavy atom. The number of nitrogens with one attached hydrogen (secondary N) is 1. The number of aromatic nitrogens is 3. The van der Waals surface area contributed by atoms with E-state index >= 15 is 0 Å². The van der Waals surface area contributed by atoms with Gasteiger partial charge in [0.2, 0.25) is 0 Å². The fraction of sp³-hybridized carbons (Fsp3) is 0.143. The van der Waals surface area contributed by atoms with Crippen LogP contribution in [0.4, 0.5) is 0 Å². The maximum atomic E-state index is 11.8. The molecule has 0 spiro atoms. The van der Waals surface area contributed by atoms with E-state index in [-0.39, 0.29) is 11.6 Å². The van der Waals surface area contributed by atoms with E-state index in [0.29, 0.717) is 12.3 Å². The van der Waals surface area contributed by atoms with Crippen LogP contribution in [0.2, 0.25) is 0 Å². The highest BCUT2D eigenvalue weighted by molar-refractivity contribution is 7.14. The first-order valence-electron chi connectivity index (χ1n) is 6.32. The summed E-state index contributed by atoms with van der Waals surface area (Å²) in [5.74, 6) is 0.311. The topological polar surface area (TPSA) is 80.9 Å². The van der Waals surface area contributed by atoms with Crippen molar-refractivity contribution in [3.8, 4) is 10.6 Å². The molecule has 7 heteroatoms. The smallest absolute Gasteiger partial charge is 0.273 e. The Morgan fingerprint density at radius 1 is 1.29 bits per heavy atom. The van der Waals surface area contributed by atoms with Crippen molar-refractivity contribution in [2.24, 2.45) is 0 Å². The van der Waals surface area contributed by atoms with Gasteiger partial charge in [-0.15, -0.1) is 10.2 Å². The van der Waals surface area contributed by atoms with Gasteiger partial charge in [-0.2, -0.15) is 0 Å². The Kier molecular flexibility index (Phi) is 3.74. The molecule has 3 rings (SSSR count). The molecule has 21 heavy (non-hydrogen) atoms. The van der Waals surface area contributed by atoms with Crippen molar-refractivity contribution in [3.05, 3.63) is 52.9 Å². The van der Waals surface area contributed by atoms with Crippen molar-refractivity contribution in [3.63, 3.8) is 0 Å². The van der Waals surface area contributed by atoms with E-state index in [0.717, 1.165) is 15.6 Å². The molecule has 0 atom stereocenters. The van der Waals surface area contributed by atoms with Gasteiger partial charge in [-0.25, -0.2) is 0 Å². The van der Waals surface area contributed by atoms with Gasteiger partial charge in [-0.3, -0.25) is 4.79 Å². The Morgan fingerprint density at radius 3 is 2.81 bits per heavy atom. The van der Waals surface area contributed by atoms with E-state index in [2.05, 4.69) is 20.7 Å². The summed E-state index contributed by atoms with van der Waals surface area (Å²) in [7, 11) is 0. The Labute approximate surface area is 124 Å². The lowest BCUT2D eigenvalue weighted by molar-refractivity contribution is 0.0941. The largest absolute Gasteiger partial charge is 0.361 e. The van der Waals surface area contributed by atoms with Crippen molar-refractivity contribution < 1.29 is 9.32 Å². The summed E-state index contributed by atoms with van der Waals surface area (Å²) in [6.45, 7) is 2.05. The lowest BCUT2D eigenvalue weighted by atomic mass is 10.2. The van der Waals surface area contributed by atoms with Crippen LogP contribution in [-0.4, -0.2) is 21.3 Å². The van der Waals surface area contributed by atoms with Crippen LogP contribution in [0, 0.1) is 6.92 Å². The molecule has 0 aliphatic rings. The van der Waals surface area contributed by atoms with Gasteiger partial charge in [0.25, 0.3) is 5.91 Å². The van der Waals surface area contributed by atoms with Crippen LogP contribution in [0.25, 0.3) is 10.6 Å². The molecule has 1 aromatic carbocycles. The SMILES string of the molecule is Cc1cc(C(=O)NCc2nnc(-c3ccccc3)s2)no1. The second-order valence-corrected chi connectivity index (χ2v) is 5.43. The maximum absolute atomic E-state index is 11.8. The third kappa shape index (κ3) is 3.14. The van der Waals surface area contributed by atoms with Crippen LogP contribution in [0.15, 0.2) is 40.9 Å². The van der Waals surface area contributed by atoms with E-state index in [1.165, 1.54) is 11.3 Å². The van der Waals surface area contributed by atoms with E-state index in [1.807, 2.05) is 30.3 Å². The molecule has 2 aromatic heterocycles. The summed E-state index contributed by atoms with van der Waals surface area (Å²) in [5, 5.41) is 16.2. The summed E-state index contributed by atoms with van der Waals surface area (Å²) < 4.78 is 4.86. The van der Waals surface area contributed by atoms with E-state index in [9.17, 15) is 4.79 Å². The number of hydrogen-bond acceptors (Lipinski definition) is 6. The standard InChI is InChI=1S/C14H12N4O2S/c1-9-7-11(18-20-9)13(19)15-8-12-16-17-14(21-12)10-5-3-2-4-6-10/h2-7H,8H2,1H3,(H,15,19). The van der Waals surface area contributed by atoms with Gasteiger partial charge in [0.15, 0.2) is 5.69 Å². The molecule has 3 aromatic rings. The van der Waals surface area contributed by atoms with Crippen molar-refractivity contribution in [2.45, 2.75) is 13.5 Å². The molecule has 2 heterocycles. The number of nitrogens with zero attached hydrogens (tertiary/aromatic N) is 3. The van der Waals surface area contributed by atoms with Crippen molar-refractivity contribution >= 4 is 17.2 Å². The predicted molar refractivity (Wildman–Crippen MR) is 77.8 cm³/mol. The normalized spacial score (nSPS) is 10.5. The number of hydrogen-bond donors (Lipinski definition) is 1. The molecule has 0 saturated heterocycles. The van der Waals surface area contributed by atoms with E-state index in [4.69, 9.17) is 4.52 Å². The minimum Gasteiger partial charge on any atom is -0.361 e. The third-order valence-electron chi connectivity index (χ3n) is 2.75. The number of amides is 1. The van der Waals surface area contributed by atoms with Gasteiger partial charge < -0.3 is 9.84 Å². The highest BCUT2D eigenvalue weighted by Crippen LogP contribution is 2.22. The first-order chi connectivity index (χ1) is 10.2. The van der Waals surface area contributed by atoms with Crippen LogP contribution in [-0.2, 0) is 6.54 Å². The van der Waals surface area contributed by atoms with E-state index < -0.39 is 0 Å². The van der Waals surface area contributed by atoms with Crippen LogP contribution in [0.5, 0.6) is 0 Å². The molecule has 0 fully saturated rings. The summed E-state index contributed by atoms with van der Waals surface area (Å²) in [5.41, 5.74) is 1.28. The number of aryl methyl sites for hydroxylation is 1. The molecule has 1 amide bonds. The molecule has 0 aliphatic carbocycles. The Bertz CT molecular complexity index is 751. The van der Waals surface area contributed by atoms with Crippen LogP contribution in [0.3, 0.4) is 0 Å². The Balaban J connectivity index is 1.64. The monoisotopic (exact) mass is 300 g/mol. The maximum Gasteiger partial charge on any atom is 0.273 e. The van der Waals surface area contributed by atoms with Crippen molar-refractivity contribution in [2.75, 3.05) is 0 Å². The van der Waals surface area contributed by atoms with Crippen LogP contribution >= 0.6 is 11.3 Å². The van der Waals surface area contributed by atoms with Gasteiger partial charge in [0.05, 0.1) is 6.54 Å². The quantitative estimate of drug-likeness (QED) is 0.800. The lowest BCUT2D eigenvalue weighted by Crippen LogP contribution is -2.22. The van der Waals surface area contributed by atoms with E-state index in [1.54, 1.807) is 13.0 Å². The number of carbonyl (C=O) groups is 1. The molecule has 0 saturated carbocycles. The second kappa shape index (κ2) is 5.84. The molecule has 1 N–H and O–H groups in total. The number of rotatable bonds is 4. The minimum atomic E-state index is -0.289. The molecule has 6 nitrogen and oxygen atoms in total. The zero-order valence-corrected chi connectivity index (χ0v) is 12.1. The average Bonchev–Trinajstić information content (AvgIpc) is 3.15. The minimum absolute atomic E-state index is 0.264. The zero-order chi connectivity index (χ0) is 14.7. The first-order valence-corrected chi connectivity index (χ1v) is 7.13. The summed E-state index contributed by atoms with van der Waals surface area (Å²) in [4.78, 5) is 11.8. The van der Waals surface area contributed by atoms with Gasteiger partial charge >= 0.3 is 0 Å². The van der Waals surface area contributed by atoms with Gasteiger partial charge in [0, 0.05) is 11.6 Å². The fourth-order valence-electron chi connectivity index (χ4n) is 1.74. The molecule has 106 valence electrons. The molecule has 0 unspecified atom stereocenters. The average molecular weight is 300 g/mol. The Hall–Kier alpha value is -2.54. The van der Waals surface area contributed by atoms with Gasteiger partial charge in [-0.1, -0.05) is 46.8 Å². The van der Waals surface area contributed by atoms with Gasteiger partial charge in [-0.05, 0) is 6.92 Å². The molecule has 0 bridgehead atoms. The van der Waals surface area contributed by atoms with Crippen LogP contribution < -0.4 is 5.32 Å². The number of benzene rings is 1. The fourth-order valence-corrected chi connectivity index (χ4v) is 2.53. The summed E-state index contributed by atoms with van der Waals surface area (Å²) in [6, 6.07) is 11.4. The van der Waals surface area contributed by atoms with Crippen molar-refractivity contribution in [1.82, 2.24) is 20.7 Å². The molecular weight excluding hydrogens is 288 g/mol. The highest BCUT2D eigenvalue weighted by atomic mass is 32.1. The van der Waals surface area contributed by atoms with Crippen molar-refractivity contribution in [1.29, 1.82) is 0 Å². The molecule has 0 aliphatic heterocycles. The third-order valence-corrected chi connectivity index (χ3v) is 3.72. The molecule has 0 radical (unpaired) electrons. The first kappa shape index (κ1) is 13.4. The predicted octanol–water partition coefficient (Wildman–Crippen LogP) is 2.43. The summed E-state index contributed by atoms with van der Waals surface area (Å²) >= 11 is 1.45.